The fraction of sp³-hybridized carbons (Fsp3) is 0.471. The van der Waals surface area contributed by atoms with Crippen LogP contribution in [0.1, 0.15) is 53.7 Å². The van der Waals surface area contributed by atoms with Crippen LogP contribution in [-0.4, -0.2) is 11.5 Å². The normalized spacial score (nSPS) is 12.6. The van der Waals surface area contributed by atoms with Gasteiger partial charge in [-0.2, -0.15) is 0 Å². The van der Waals surface area contributed by atoms with E-state index in [1.807, 2.05) is 6.20 Å². The number of thiazole rings is 1. The van der Waals surface area contributed by atoms with Gasteiger partial charge in [-0.3, -0.25) is 0 Å². The first-order valence-corrected chi connectivity index (χ1v) is 8.30. The number of hydrogen-bond acceptors (Lipinski definition) is 3. The van der Waals surface area contributed by atoms with Crippen LogP contribution in [0.5, 0.6) is 0 Å². The van der Waals surface area contributed by atoms with Crippen LogP contribution in [0, 0.1) is 6.92 Å². The molecule has 20 heavy (non-hydrogen) atoms. The minimum absolute atomic E-state index is 0.276. The Balaban J connectivity index is 2.28. The van der Waals surface area contributed by atoms with Crippen LogP contribution in [0.2, 0.25) is 0 Å². The molecule has 1 aromatic heterocycles. The fourth-order valence-electron chi connectivity index (χ4n) is 2.40. The molecule has 108 valence electrons. The Morgan fingerprint density at radius 1 is 1.25 bits per heavy atom. The van der Waals surface area contributed by atoms with Crippen molar-refractivity contribution in [2.75, 3.05) is 6.54 Å². The zero-order valence-corrected chi connectivity index (χ0v) is 13.5. The predicted octanol–water partition coefficient (Wildman–Crippen LogP) is 4.49. The Labute approximate surface area is 126 Å². The quantitative estimate of drug-likeness (QED) is 0.812. The van der Waals surface area contributed by atoms with Crippen molar-refractivity contribution in [2.45, 2.75) is 46.1 Å². The summed E-state index contributed by atoms with van der Waals surface area (Å²) in [5, 5.41) is 4.79. The van der Waals surface area contributed by atoms with Crippen LogP contribution in [0.15, 0.2) is 30.5 Å². The molecule has 0 saturated heterocycles. The van der Waals surface area contributed by atoms with Crippen LogP contribution in [0.4, 0.5) is 0 Å². The molecule has 0 spiro atoms. The zero-order valence-electron chi connectivity index (χ0n) is 12.6. The number of aromatic nitrogens is 1. The summed E-state index contributed by atoms with van der Waals surface area (Å²) < 4.78 is 0. The molecule has 1 unspecified atom stereocenters. The van der Waals surface area contributed by atoms with E-state index in [1.165, 1.54) is 22.4 Å². The largest absolute Gasteiger partial charge is 0.306 e. The van der Waals surface area contributed by atoms with E-state index in [0.717, 1.165) is 24.4 Å². The molecule has 1 heterocycles. The van der Waals surface area contributed by atoms with Gasteiger partial charge in [0.15, 0.2) is 0 Å². The maximum Gasteiger partial charge on any atom is 0.0897 e. The molecule has 0 fully saturated rings. The molecule has 1 N–H and O–H groups in total. The molecule has 2 nitrogen and oxygen atoms in total. The first-order valence-electron chi connectivity index (χ1n) is 7.49. The molecule has 0 saturated carbocycles. The van der Waals surface area contributed by atoms with Crippen LogP contribution < -0.4 is 5.32 Å². The summed E-state index contributed by atoms with van der Waals surface area (Å²) in [6.45, 7) is 7.53. The molecule has 0 amide bonds. The lowest BCUT2D eigenvalue weighted by Crippen LogP contribution is -2.22. The summed E-state index contributed by atoms with van der Waals surface area (Å²) in [5.74, 6) is 0. The number of hydrogen-bond donors (Lipinski definition) is 1. The number of rotatable bonds is 7. The minimum atomic E-state index is 0.276. The summed E-state index contributed by atoms with van der Waals surface area (Å²) in [4.78, 5) is 5.72. The molecular formula is C17H24N2S. The van der Waals surface area contributed by atoms with Crippen molar-refractivity contribution in [2.24, 2.45) is 0 Å². The standard InChI is InChI=1S/C17H24N2S/c1-4-7-14-8-6-9-15(11-14)17(18-10-5-2)16-12-19-13(3)20-16/h6,8-9,11-12,17-18H,4-5,7,10H2,1-3H3. The fourth-order valence-corrected chi connectivity index (χ4v) is 3.29. The van der Waals surface area contributed by atoms with E-state index in [1.54, 1.807) is 11.3 Å². The highest BCUT2D eigenvalue weighted by molar-refractivity contribution is 7.11. The van der Waals surface area contributed by atoms with Crippen molar-refractivity contribution < 1.29 is 0 Å². The number of nitrogens with one attached hydrogen (secondary N) is 1. The third-order valence-electron chi connectivity index (χ3n) is 3.35. The van der Waals surface area contributed by atoms with E-state index < -0.39 is 0 Å². The number of benzene rings is 1. The smallest absolute Gasteiger partial charge is 0.0897 e. The summed E-state index contributed by atoms with van der Waals surface area (Å²) >= 11 is 1.79. The van der Waals surface area contributed by atoms with E-state index in [4.69, 9.17) is 0 Å². The Kier molecular flexibility index (Phi) is 5.74. The highest BCUT2D eigenvalue weighted by Crippen LogP contribution is 2.27. The van der Waals surface area contributed by atoms with Crippen LogP contribution >= 0.6 is 11.3 Å². The molecule has 3 heteroatoms. The van der Waals surface area contributed by atoms with E-state index in [2.05, 4.69) is 55.3 Å². The Morgan fingerprint density at radius 3 is 2.75 bits per heavy atom. The molecule has 0 bridgehead atoms. The lowest BCUT2D eigenvalue weighted by atomic mass is 10.0. The van der Waals surface area contributed by atoms with E-state index in [9.17, 15) is 0 Å². The van der Waals surface area contributed by atoms with Gasteiger partial charge in [-0.1, -0.05) is 44.5 Å². The second kappa shape index (κ2) is 7.55. The van der Waals surface area contributed by atoms with Gasteiger partial charge in [-0.05, 0) is 37.4 Å². The molecule has 2 rings (SSSR count). The van der Waals surface area contributed by atoms with Crippen molar-refractivity contribution in [3.63, 3.8) is 0 Å². The number of nitrogens with zero attached hydrogens (tertiary/aromatic N) is 1. The second-order valence-corrected chi connectivity index (χ2v) is 6.43. The molecule has 2 aromatic rings. The molecule has 0 radical (unpaired) electrons. The van der Waals surface area contributed by atoms with Gasteiger partial charge in [0.1, 0.15) is 0 Å². The highest BCUT2D eigenvalue weighted by atomic mass is 32.1. The molecular weight excluding hydrogens is 264 g/mol. The lowest BCUT2D eigenvalue weighted by Gasteiger charge is -2.18. The van der Waals surface area contributed by atoms with Crippen molar-refractivity contribution in [1.29, 1.82) is 0 Å². The summed E-state index contributed by atoms with van der Waals surface area (Å²) in [6, 6.07) is 9.24. The maximum atomic E-state index is 4.41. The number of aryl methyl sites for hydroxylation is 2. The monoisotopic (exact) mass is 288 g/mol. The van der Waals surface area contributed by atoms with E-state index in [0.29, 0.717) is 0 Å². The van der Waals surface area contributed by atoms with E-state index >= 15 is 0 Å². The Hall–Kier alpha value is -1.19. The second-order valence-electron chi connectivity index (χ2n) is 5.16. The van der Waals surface area contributed by atoms with Gasteiger partial charge in [0.2, 0.25) is 0 Å². The van der Waals surface area contributed by atoms with Gasteiger partial charge in [0.25, 0.3) is 0 Å². The van der Waals surface area contributed by atoms with E-state index in [-0.39, 0.29) is 6.04 Å². The molecule has 1 aromatic carbocycles. The van der Waals surface area contributed by atoms with Gasteiger partial charge in [0, 0.05) is 11.1 Å². The lowest BCUT2D eigenvalue weighted by molar-refractivity contribution is 0.604. The first-order chi connectivity index (χ1) is 9.74. The summed E-state index contributed by atoms with van der Waals surface area (Å²) in [6.07, 6.45) is 5.50. The maximum absolute atomic E-state index is 4.41. The average molecular weight is 288 g/mol. The minimum Gasteiger partial charge on any atom is -0.306 e. The molecule has 0 aliphatic rings. The van der Waals surface area contributed by atoms with Crippen LogP contribution in [0.25, 0.3) is 0 Å². The van der Waals surface area contributed by atoms with Gasteiger partial charge >= 0.3 is 0 Å². The SMILES string of the molecule is CCCNC(c1cccc(CCC)c1)c1cnc(C)s1. The van der Waals surface area contributed by atoms with Gasteiger partial charge < -0.3 is 5.32 Å². The van der Waals surface area contributed by atoms with Crippen molar-refractivity contribution in [3.8, 4) is 0 Å². The molecule has 1 atom stereocenters. The van der Waals surface area contributed by atoms with Crippen LogP contribution in [-0.2, 0) is 6.42 Å². The Bertz CT molecular complexity index is 533. The third kappa shape index (κ3) is 3.90. The topological polar surface area (TPSA) is 24.9 Å². The van der Waals surface area contributed by atoms with Crippen molar-refractivity contribution >= 4 is 11.3 Å². The van der Waals surface area contributed by atoms with Crippen molar-refractivity contribution in [1.82, 2.24) is 10.3 Å². The van der Waals surface area contributed by atoms with Gasteiger partial charge in [-0.15, -0.1) is 11.3 Å². The van der Waals surface area contributed by atoms with Gasteiger partial charge in [-0.25, -0.2) is 4.98 Å². The van der Waals surface area contributed by atoms with Gasteiger partial charge in [0.05, 0.1) is 11.0 Å². The first kappa shape index (κ1) is 15.2. The zero-order chi connectivity index (χ0) is 14.4. The highest BCUT2D eigenvalue weighted by Gasteiger charge is 2.16. The Morgan fingerprint density at radius 2 is 2.10 bits per heavy atom. The third-order valence-corrected chi connectivity index (χ3v) is 4.32. The summed E-state index contributed by atoms with van der Waals surface area (Å²) in [7, 11) is 0. The van der Waals surface area contributed by atoms with Crippen LogP contribution in [0.3, 0.4) is 0 Å². The summed E-state index contributed by atoms with van der Waals surface area (Å²) in [5.41, 5.74) is 2.78. The van der Waals surface area contributed by atoms with Crippen molar-refractivity contribution in [3.05, 3.63) is 51.5 Å². The average Bonchev–Trinajstić information content (AvgIpc) is 2.87. The molecule has 0 aliphatic carbocycles. The molecule has 0 aliphatic heterocycles. The predicted molar refractivity (Wildman–Crippen MR) is 87.4 cm³/mol.